The van der Waals surface area contributed by atoms with Crippen LogP contribution in [0.2, 0.25) is 0 Å². The summed E-state index contributed by atoms with van der Waals surface area (Å²) in [5, 5.41) is 5.00. The van der Waals surface area contributed by atoms with Crippen LogP contribution in [-0.4, -0.2) is 41.3 Å². The maximum Gasteiger partial charge on any atom is 0.243 e. The Bertz CT molecular complexity index is 1430. The summed E-state index contributed by atoms with van der Waals surface area (Å²) in [4.78, 5) is 17.3. The first-order valence-electron chi connectivity index (χ1n) is 11.8. The van der Waals surface area contributed by atoms with E-state index in [1.807, 2.05) is 72.3 Å². The van der Waals surface area contributed by atoms with Gasteiger partial charge in [0, 0.05) is 37.1 Å². The molecule has 8 heteroatoms. The number of carbonyl (C=O) groups excluding carboxylic acids is 1. The lowest BCUT2D eigenvalue weighted by Crippen LogP contribution is -2.43. The van der Waals surface area contributed by atoms with Crippen molar-refractivity contribution in [2.24, 2.45) is 5.92 Å². The highest BCUT2D eigenvalue weighted by atomic mass is 32.2. The first-order chi connectivity index (χ1) is 16.9. The Hall–Kier alpha value is -3.49. The number of amides is 1. The van der Waals surface area contributed by atoms with E-state index in [1.54, 1.807) is 24.7 Å². The van der Waals surface area contributed by atoms with Crippen molar-refractivity contribution in [2.45, 2.75) is 30.7 Å². The quantitative estimate of drug-likeness (QED) is 0.439. The summed E-state index contributed by atoms with van der Waals surface area (Å²) < 4.78 is 29.8. The Morgan fingerprint density at radius 1 is 1.00 bits per heavy atom. The van der Waals surface area contributed by atoms with Crippen LogP contribution in [0.15, 0.2) is 90.3 Å². The number of nitrogens with one attached hydrogen (secondary N) is 1. The molecule has 1 atom stereocenters. The number of piperidine rings is 1. The van der Waals surface area contributed by atoms with Crippen molar-refractivity contribution in [3.05, 3.63) is 91.0 Å². The van der Waals surface area contributed by atoms with Crippen LogP contribution in [0.5, 0.6) is 0 Å². The van der Waals surface area contributed by atoms with Crippen molar-refractivity contribution in [2.75, 3.05) is 13.1 Å². The third-order valence-corrected chi connectivity index (χ3v) is 8.63. The summed E-state index contributed by atoms with van der Waals surface area (Å²) in [6, 6.07) is 20.8. The van der Waals surface area contributed by atoms with Gasteiger partial charge < -0.3 is 9.88 Å². The second kappa shape index (κ2) is 9.64. The Balaban J connectivity index is 1.19. The Kier molecular flexibility index (Phi) is 6.40. The van der Waals surface area contributed by atoms with Crippen molar-refractivity contribution < 1.29 is 13.2 Å². The fraction of sp³-hybridized carbons (Fsp3) is 0.259. The molecule has 3 aromatic carbocycles. The summed E-state index contributed by atoms with van der Waals surface area (Å²) in [5.41, 5.74) is 2.02. The van der Waals surface area contributed by atoms with E-state index in [4.69, 9.17) is 0 Å². The highest BCUT2D eigenvalue weighted by molar-refractivity contribution is 7.89. The van der Waals surface area contributed by atoms with E-state index in [2.05, 4.69) is 10.3 Å². The molecule has 1 aliphatic heterocycles. The van der Waals surface area contributed by atoms with Crippen LogP contribution in [0.1, 0.15) is 31.4 Å². The topological polar surface area (TPSA) is 84.3 Å². The van der Waals surface area contributed by atoms with Gasteiger partial charge in [0.05, 0.1) is 17.3 Å². The van der Waals surface area contributed by atoms with Gasteiger partial charge in [0.25, 0.3) is 0 Å². The maximum absolute atomic E-state index is 13.2. The summed E-state index contributed by atoms with van der Waals surface area (Å²) in [6.07, 6.45) is 6.37. The number of carbonyl (C=O) groups is 1. The van der Waals surface area contributed by atoms with Gasteiger partial charge in [-0.15, -0.1) is 0 Å². The zero-order valence-electron chi connectivity index (χ0n) is 19.5. The molecule has 180 valence electrons. The number of rotatable bonds is 6. The van der Waals surface area contributed by atoms with Gasteiger partial charge in [-0.2, -0.15) is 4.31 Å². The minimum absolute atomic E-state index is 0.0288. The molecule has 7 nitrogen and oxygen atoms in total. The number of hydrogen-bond acceptors (Lipinski definition) is 4. The first-order valence-corrected chi connectivity index (χ1v) is 13.2. The van der Waals surface area contributed by atoms with Crippen LogP contribution >= 0.6 is 0 Å². The van der Waals surface area contributed by atoms with Crippen molar-refractivity contribution in [3.8, 4) is 5.69 Å². The molecule has 0 spiro atoms. The maximum atomic E-state index is 13.2. The van der Waals surface area contributed by atoms with Crippen LogP contribution in [0.25, 0.3) is 16.5 Å². The highest BCUT2D eigenvalue weighted by Crippen LogP contribution is 2.27. The molecule has 1 saturated heterocycles. The summed E-state index contributed by atoms with van der Waals surface area (Å²) in [5.74, 6) is -0.232. The highest BCUT2D eigenvalue weighted by Gasteiger charge is 2.32. The molecule has 1 amide bonds. The Morgan fingerprint density at radius 2 is 1.71 bits per heavy atom. The van der Waals surface area contributed by atoms with E-state index in [0.29, 0.717) is 30.8 Å². The van der Waals surface area contributed by atoms with Gasteiger partial charge in [-0.05, 0) is 60.4 Å². The van der Waals surface area contributed by atoms with Crippen molar-refractivity contribution in [3.63, 3.8) is 0 Å². The minimum Gasteiger partial charge on any atom is -0.349 e. The van der Waals surface area contributed by atoms with E-state index in [1.165, 1.54) is 4.31 Å². The van der Waals surface area contributed by atoms with Gasteiger partial charge in [-0.1, -0.05) is 42.5 Å². The lowest BCUT2D eigenvalue weighted by atomic mass is 9.96. The zero-order chi connectivity index (χ0) is 24.4. The molecule has 1 unspecified atom stereocenters. The standard InChI is InChI=1S/C27H28N4O3S/c1-20(21-6-9-25(10-7-21)30-17-14-28-19-30)29-27(32)23-12-15-31(16-13-23)35(33,34)26-11-8-22-4-2-3-5-24(22)18-26/h2-11,14,17-20,23H,12-13,15-16H2,1H3,(H,29,32). The fourth-order valence-electron chi connectivity index (χ4n) is 4.60. The van der Waals surface area contributed by atoms with E-state index in [0.717, 1.165) is 22.0 Å². The zero-order valence-corrected chi connectivity index (χ0v) is 20.4. The number of sulfonamides is 1. The van der Waals surface area contributed by atoms with Gasteiger partial charge in [0.1, 0.15) is 0 Å². The lowest BCUT2D eigenvalue weighted by molar-refractivity contribution is -0.126. The molecule has 1 N–H and O–H groups in total. The number of aromatic nitrogens is 2. The first kappa shape index (κ1) is 23.3. The Morgan fingerprint density at radius 3 is 2.40 bits per heavy atom. The van der Waals surface area contributed by atoms with E-state index < -0.39 is 10.0 Å². The van der Waals surface area contributed by atoms with E-state index >= 15 is 0 Å². The molecule has 4 aromatic rings. The number of imidazole rings is 1. The third kappa shape index (κ3) is 4.85. The van der Waals surface area contributed by atoms with Crippen LogP contribution in [-0.2, 0) is 14.8 Å². The predicted molar refractivity (Wildman–Crippen MR) is 136 cm³/mol. The molecule has 1 aliphatic rings. The molecule has 0 radical (unpaired) electrons. The van der Waals surface area contributed by atoms with E-state index in [9.17, 15) is 13.2 Å². The largest absolute Gasteiger partial charge is 0.349 e. The number of benzene rings is 3. The monoisotopic (exact) mass is 488 g/mol. The average molecular weight is 489 g/mol. The fourth-order valence-corrected chi connectivity index (χ4v) is 6.10. The molecule has 0 bridgehead atoms. The van der Waals surface area contributed by atoms with Crippen LogP contribution in [0, 0.1) is 5.92 Å². The van der Waals surface area contributed by atoms with Gasteiger partial charge in [-0.25, -0.2) is 13.4 Å². The third-order valence-electron chi connectivity index (χ3n) is 6.74. The molecule has 1 aromatic heterocycles. The van der Waals surface area contributed by atoms with Crippen LogP contribution in [0.3, 0.4) is 0 Å². The normalized spacial score (nSPS) is 16.3. The number of nitrogens with zero attached hydrogens (tertiary/aromatic N) is 3. The molecule has 2 heterocycles. The van der Waals surface area contributed by atoms with Gasteiger partial charge >= 0.3 is 0 Å². The predicted octanol–water partition coefficient (Wildman–Crippen LogP) is 4.30. The number of hydrogen-bond donors (Lipinski definition) is 1. The average Bonchev–Trinajstić information content (AvgIpc) is 3.43. The summed E-state index contributed by atoms with van der Waals surface area (Å²) in [7, 11) is -3.60. The minimum atomic E-state index is -3.60. The summed E-state index contributed by atoms with van der Waals surface area (Å²) in [6.45, 7) is 2.63. The lowest BCUT2D eigenvalue weighted by Gasteiger charge is -2.31. The molecule has 35 heavy (non-hydrogen) atoms. The van der Waals surface area contributed by atoms with Crippen molar-refractivity contribution in [1.29, 1.82) is 0 Å². The smallest absolute Gasteiger partial charge is 0.243 e. The van der Waals surface area contributed by atoms with Gasteiger partial charge in [0.15, 0.2) is 0 Å². The molecule has 1 fully saturated rings. The van der Waals surface area contributed by atoms with Crippen molar-refractivity contribution >= 4 is 26.7 Å². The van der Waals surface area contributed by atoms with E-state index in [-0.39, 0.29) is 17.9 Å². The molecule has 0 saturated carbocycles. The number of fused-ring (bicyclic) bond motifs is 1. The van der Waals surface area contributed by atoms with Crippen molar-refractivity contribution in [1.82, 2.24) is 19.2 Å². The van der Waals surface area contributed by atoms with Crippen LogP contribution in [0.4, 0.5) is 0 Å². The Labute approximate surface area is 205 Å². The molecule has 0 aliphatic carbocycles. The molecule has 5 rings (SSSR count). The second-order valence-electron chi connectivity index (χ2n) is 8.98. The SMILES string of the molecule is CC(NC(=O)C1CCN(S(=O)(=O)c2ccc3ccccc3c2)CC1)c1ccc(-n2ccnc2)cc1. The molecular weight excluding hydrogens is 460 g/mol. The second-order valence-corrected chi connectivity index (χ2v) is 10.9. The summed E-state index contributed by atoms with van der Waals surface area (Å²) >= 11 is 0. The van der Waals surface area contributed by atoms with Crippen LogP contribution < -0.4 is 5.32 Å². The van der Waals surface area contributed by atoms with Gasteiger partial charge in [-0.3, -0.25) is 4.79 Å². The van der Waals surface area contributed by atoms with Gasteiger partial charge in [0.2, 0.25) is 15.9 Å². The molecular formula is C27H28N4O3S.